The third-order valence-corrected chi connectivity index (χ3v) is 6.88. The molecule has 0 atom stereocenters. The predicted octanol–water partition coefficient (Wildman–Crippen LogP) is 3.96. The first-order chi connectivity index (χ1) is 13.0. The summed E-state index contributed by atoms with van der Waals surface area (Å²) in [6.07, 6.45) is 3.90. The number of piperidine rings is 1. The molecule has 0 amide bonds. The molecule has 2 aromatic heterocycles. The standard InChI is InChI=1S/C20H18BrFN4O/c1-12-18(21)26-16(4-7-23-26)19(24-12)25-8-5-20(6-9-25)11-13-10-14(22)2-3-15(13)17(20)27/h2-4,7,10H,5-6,8-9,11H2,1H3. The SMILES string of the molecule is Cc1nc(N2CCC3(CC2)Cc2cc(F)ccc2C3=O)c2ccnn2c1Br. The number of anilines is 1. The average molecular weight is 429 g/mol. The number of aryl methyl sites for hydroxylation is 1. The Morgan fingerprint density at radius 3 is 2.78 bits per heavy atom. The molecule has 2 aliphatic rings. The van der Waals surface area contributed by atoms with Crippen LogP contribution in [0.1, 0.15) is 34.5 Å². The number of Topliss-reactive ketones (excluding diaryl/α,β-unsaturated/α-hetero) is 1. The van der Waals surface area contributed by atoms with Gasteiger partial charge in [-0.2, -0.15) is 5.10 Å². The highest BCUT2D eigenvalue weighted by molar-refractivity contribution is 9.10. The molecule has 0 bridgehead atoms. The van der Waals surface area contributed by atoms with Crippen LogP contribution in [0.5, 0.6) is 0 Å². The molecular formula is C20H18BrFN4O. The molecule has 1 saturated heterocycles. The maximum atomic E-state index is 13.6. The van der Waals surface area contributed by atoms with E-state index in [9.17, 15) is 9.18 Å². The average Bonchev–Trinajstić information content (AvgIpc) is 3.24. The van der Waals surface area contributed by atoms with Gasteiger partial charge in [-0.25, -0.2) is 13.9 Å². The summed E-state index contributed by atoms with van der Waals surface area (Å²) >= 11 is 3.54. The molecule has 27 heavy (non-hydrogen) atoms. The van der Waals surface area contributed by atoms with Crippen LogP contribution in [0.3, 0.4) is 0 Å². The summed E-state index contributed by atoms with van der Waals surface area (Å²) < 4.78 is 16.3. The molecular weight excluding hydrogens is 411 g/mol. The summed E-state index contributed by atoms with van der Waals surface area (Å²) in [5, 5.41) is 4.37. The summed E-state index contributed by atoms with van der Waals surface area (Å²) in [5.74, 6) is 0.803. The van der Waals surface area contributed by atoms with Crippen LogP contribution in [-0.4, -0.2) is 33.5 Å². The van der Waals surface area contributed by atoms with E-state index in [-0.39, 0.29) is 11.6 Å². The van der Waals surface area contributed by atoms with Crippen LogP contribution in [0.2, 0.25) is 0 Å². The van der Waals surface area contributed by atoms with E-state index in [0.29, 0.717) is 12.0 Å². The van der Waals surface area contributed by atoms with Gasteiger partial charge in [-0.15, -0.1) is 0 Å². The number of carbonyl (C=O) groups excluding carboxylic acids is 1. The molecule has 5 rings (SSSR count). The quantitative estimate of drug-likeness (QED) is 0.588. The fourth-order valence-electron chi connectivity index (χ4n) is 4.49. The summed E-state index contributed by atoms with van der Waals surface area (Å²) in [4.78, 5) is 20.0. The van der Waals surface area contributed by atoms with E-state index in [4.69, 9.17) is 4.98 Å². The van der Waals surface area contributed by atoms with E-state index < -0.39 is 5.41 Å². The minimum Gasteiger partial charge on any atom is -0.355 e. The third kappa shape index (κ3) is 2.44. The lowest BCUT2D eigenvalue weighted by molar-refractivity contribution is 0.0774. The van der Waals surface area contributed by atoms with E-state index >= 15 is 0 Å². The Hall–Kier alpha value is -2.28. The maximum Gasteiger partial charge on any atom is 0.169 e. The Bertz CT molecular complexity index is 1090. The topological polar surface area (TPSA) is 50.5 Å². The Kier molecular flexibility index (Phi) is 3.66. The molecule has 0 saturated carbocycles. The smallest absolute Gasteiger partial charge is 0.169 e. The van der Waals surface area contributed by atoms with Crippen molar-refractivity contribution in [2.45, 2.75) is 26.2 Å². The van der Waals surface area contributed by atoms with Crippen LogP contribution in [0, 0.1) is 18.2 Å². The minimum atomic E-state index is -0.395. The van der Waals surface area contributed by atoms with Crippen LogP contribution in [-0.2, 0) is 6.42 Å². The second-order valence-electron chi connectivity index (χ2n) is 7.51. The molecule has 5 nitrogen and oxygen atoms in total. The molecule has 1 fully saturated rings. The van der Waals surface area contributed by atoms with Crippen molar-refractivity contribution in [2.24, 2.45) is 5.41 Å². The zero-order valence-corrected chi connectivity index (χ0v) is 16.5. The van der Waals surface area contributed by atoms with E-state index in [1.807, 2.05) is 17.5 Å². The van der Waals surface area contributed by atoms with Gasteiger partial charge in [-0.05, 0) is 71.9 Å². The van der Waals surface area contributed by atoms with E-state index in [1.165, 1.54) is 12.1 Å². The number of nitrogens with zero attached hydrogens (tertiary/aromatic N) is 4. The number of ketones is 1. The van der Waals surface area contributed by atoms with E-state index in [0.717, 1.165) is 53.1 Å². The van der Waals surface area contributed by atoms with Gasteiger partial charge in [0.15, 0.2) is 11.6 Å². The second-order valence-corrected chi connectivity index (χ2v) is 8.27. The zero-order chi connectivity index (χ0) is 18.8. The van der Waals surface area contributed by atoms with Crippen molar-refractivity contribution < 1.29 is 9.18 Å². The summed E-state index contributed by atoms with van der Waals surface area (Å²) in [5.41, 5.74) is 2.98. The van der Waals surface area contributed by atoms with Crippen molar-refractivity contribution in [3.05, 3.63) is 57.7 Å². The molecule has 0 N–H and O–H groups in total. The van der Waals surface area contributed by atoms with E-state index in [1.54, 1.807) is 12.3 Å². The number of fused-ring (bicyclic) bond motifs is 2. The molecule has 1 aromatic carbocycles. The van der Waals surface area contributed by atoms with Gasteiger partial charge >= 0.3 is 0 Å². The molecule has 0 radical (unpaired) electrons. The number of halogens is 2. The lowest BCUT2D eigenvalue weighted by Gasteiger charge is -2.39. The number of aromatic nitrogens is 3. The number of hydrogen-bond donors (Lipinski definition) is 0. The number of carbonyl (C=O) groups is 1. The first-order valence-corrected chi connectivity index (χ1v) is 9.86. The van der Waals surface area contributed by atoms with Gasteiger partial charge in [0.2, 0.25) is 0 Å². The van der Waals surface area contributed by atoms with Crippen molar-refractivity contribution in [1.82, 2.24) is 14.6 Å². The Labute approximate surface area is 164 Å². The number of benzene rings is 1. The van der Waals surface area contributed by atoms with Gasteiger partial charge in [0.05, 0.1) is 11.9 Å². The van der Waals surface area contributed by atoms with Crippen molar-refractivity contribution >= 4 is 33.0 Å². The highest BCUT2D eigenvalue weighted by atomic mass is 79.9. The van der Waals surface area contributed by atoms with Crippen molar-refractivity contribution in [3.8, 4) is 0 Å². The Morgan fingerprint density at radius 2 is 2.00 bits per heavy atom. The van der Waals surface area contributed by atoms with Gasteiger partial charge < -0.3 is 4.90 Å². The fourth-order valence-corrected chi connectivity index (χ4v) is 4.86. The zero-order valence-electron chi connectivity index (χ0n) is 14.9. The molecule has 3 aromatic rings. The van der Waals surface area contributed by atoms with Crippen LogP contribution in [0.25, 0.3) is 5.52 Å². The third-order valence-electron chi connectivity index (χ3n) is 5.97. The normalized spacial score (nSPS) is 18.5. The maximum absolute atomic E-state index is 13.6. The van der Waals surface area contributed by atoms with E-state index in [2.05, 4.69) is 25.9 Å². The van der Waals surface area contributed by atoms with Gasteiger partial charge in [-0.3, -0.25) is 4.79 Å². The first-order valence-electron chi connectivity index (χ1n) is 9.07. The van der Waals surface area contributed by atoms with Gasteiger partial charge in [0, 0.05) is 24.1 Å². The molecule has 1 spiro atoms. The Morgan fingerprint density at radius 1 is 1.22 bits per heavy atom. The van der Waals surface area contributed by atoms with Crippen molar-refractivity contribution in [3.63, 3.8) is 0 Å². The lowest BCUT2D eigenvalue weighted by Crippen LogP contribution is -2.43. The highest BCUT2D eigenvalue weighted by Crippen LogP contribution is 2.45. The number of hydrogen-bond acceptors (Lipinski definition) is 4. The first kappa shape index (κ1) is 16.9. The van der Waals surface area contributed by atoms with Gasteiger partial charge in [0.25, 0.3) is 0 Å². The van der Waals surface area contributed by atoms with Crippen LogP contribution < -0.4 is 4.90 Å². The molecule has 3 heterocycles. The summed E-state index contributed by atoms with van der Waals surface area (Å²) in [7, 11) is 0. The summed E-state index contributed by atoms with van der Waals surface area (Å²) in [6, 6.07) is 6.50. The monoisotopic (exact) mass is 428 g/mol. The second kappa shape index (κ2) is 5.86. The molecule has 1 aliphatic heterocycles. The minimum absolute atomic E-state index is 0.173. The lowest BCUT2D eigenvalue weighted by atomic mass is 9.75. The summed E-state index contributed by atoms with van der Waals surface area (Å²) in [6.45, 7) is 3.44. The van der Waals surface area contributed by atoms with Gasteiger partial charge in [0.1, 0.15) is 15.9 Å². The largest absolute Gasteiger partial charge is 0.355 e. The fraction of sp³-hybridized carbons (Fsp3) is 0.350. The van der Waals surface area contributed by atoms with Crippen LogP contribution in [0.15, 0.2) is 35.1 Å². The molecule has 7 heteroatoms. The molecule has 0 unspecified atom stereocenters. The number of rotatable bonds is 1. The van der Waals surface area contributed by atoms with Crippen LogP contribution in [0.4, 0.5) is 10.2 Å². The molecule has 138 valence electrons. The highest BCUT2D eigenvalue weighted by Gasteiger charge is 2.47. The van der Waals surface area contributed by atoms with Crippen molar-refractivity contribution in [2.75, 3.05) is 18.0 Å². The van der Waals surface area contributed by atoms with Gasteiger partial charge in [-0.1, -0.05) is 0 Å². The van der Waals surface area contributed by atoms with Crippen LogP contribution >= 0.6 is 15.9 Å². The van der Waals surface area contributed by atoms with Crippen molar-refractivity contribution in [1.29, 1.82) is 0 Å². The molecule has 1 aliphatic carbocycles. The Balaban J connectivity index is 1.44. The predicted molar refractivity (Wildman–Crippen MR) is 104 cm³/mol.